The average molecular weight is 213 g/mol. The first kappa shape index (κ1) is 12.0. The van der Waals surface area contributed by atoms with Gasteiger partial charge < -0.3 is 16.0 Å². The third-order valence-corrected chi connectivity index (χ3v) is 2.44. The maximum Gasteiger partial charge on any atom is 0.239 e. The standard InChI is InChI=1S/C10H19N3O2/c1-8(11)3-2-4-10(15)13-6-5-12-9(14)7-13/h8H,2-7,11H2,1H3,(H,12,14). The van der Waals surface area contributed by atoms with Crippen molar-refractivity contribution in [2.45, 2.75) is 32.2 Å². The van der Waals surface area contributed by atoms with Crippen molar-refractivity contribution in [1.82, 2.24) is 10.2 Å². The van der Waals surface area contributed by atoms with Crippen molar-refractivity contribution in [3.8, 4) is 0 Å². The van der Waals surface area contributed by atoms with E-state index >= 15 is 0 Å². The second-order valence-corrected chi connectivity index (χ2v) is 4.03. The summed E-state index contributed by atoms with van der Waals surface area (Å²) in [4.78, 5) is 24.3. The number of piperazine rings is 1. The SMILES string of the molecule is CC(N)CCCC(=O)N1CCNC(=O)C1. The Balaban J connectivity index is 2.24. The number of hydrogen-bond donors (Lipinski definition) is 2. The van der Waals surface area contributed by atoms with E-state index in [0.717, 1.165) is 12.8 Å². The topological polar surface area (TPSA) is 75.4 Å². The van der Waals surface area contributed by atoms with Crippen LogP contribution in [0.4, 0.5) is 0 Å². The lowest BCUT2D eigenvalue weighted by molar-refractivity contribution is -0.138. The Bertz CT molecular complexity index is 241. The van der Waals surface area contributed by atoms with Gasteiger partial charge in [-0.25, -0.2) is 0 Å². The zero-order chi connectivity index (χ0) is 11.3. The molecule has 1 fully saturated rings. The molecule has 0 saturated carbocycles. The smallest absolute Gasteiger partial charge is 0.239 e. The van der Waals surface area contributed by atoms with Gasteiger partial charge in [-0.15, -0.1) is 0 Å². The van der Waals surface area contributed by atoms with Crippen LogP contribution in [0.2, 0.25) is 0 Å². The molecular weight excluding hydrogens is 194 g/mol. The summed E-state index contributed by atoms with van der Waals surface area (Å²) < 4.78 is 0. The third kappa shape index (κ3) is 4.29. The van der Waals surface area contributed by atoms with E-state index in [0.29, 0.717) is 19.5 Å². The van der Waals surface area contributed by atoms with E-state index in [1.807, 2.05) is 6.92 Å². The highest BCUT2D eigenvalue weighted by molar-refractivity contribution is 5.85. The number of amides is 2. The van der Waals surface area contributed by atoms with Crippen LogP contribution in [-0.2, 0) is 9.59 Å². The average Bonchev–Trinajstić information content (AvgIpc) is 2.17. The number of carbonyl (C=O) groups excluding carboxylic acids is 2. The summed E-state index contributed by atoms with van der Waals surface area (Å²) in [7, 11) is 0. The van der Waals surface area contributed by atoms with E-state index in [4.69, 9.17) is 5.73 Å². The highest BCUT2D eigenvalue weighted by atomic mass is 16.2. The number of nitrogens with two attached hydrogens (primary N) is 1. The molecule has 1 aliphatic heterocycles. The molecule has 3 N–H and O–H groups in total. The summed E-state index contributed by atoms with van der Waals surface area (Å²) in [5.41, 5.74) is 5.59. The fourth-order valence-electron chi connectivity index (χ4n) is 1.58. The summed E-state index contributed by atoms with van der Waals surface area (Å²) >= 11 is 0. The van der Waals surface area contributed by atoms with E-state index in [-0.39, 0.29) is 24.4 Å². The molecule has 5 nitrogen and oxygen atoms in total. The fraction of sp³-hybridized carbons (Fsp3) is 0.800. The normalized spacial score (nSPS) is 18.5. The van der Waals surface area contributed by atoms with Gasteiger partial charge in [-0.1, -0.05) is 0 Å². The summed E-state index contributed by atoms with van der Waals surface area (Å²) in [5, 5.41) is 2.69. The summed E-state index contributed by atoms with van der Waals surface area (Å²) in [6, 6.07) is 0.141. The molecule has 1 saturated heterocycles. The maximum atomic E-state index is 11.6. The van der Waals surface area contributed by atoms with E-state index in [9.17, 15) is 9.59 Å². The highest BCUT2D eigenvalue weighted by Crippen LogP contribution is 2.04. The molecule has 86 valence electrons. The summed E-state index contributed by atoms with van der Waals surface area (Å²) in [6.45, 7) is 3.33. The van der Waals surface area contributed by atoms with Crippen LogP contribution in [0.3, 0.4) is 0 Å². The Hall–Kier alpha value is -1.10. The van der Waals surface area contributed by atoms with Crippen molar-refractivity contribution >= 4 is 11.8 Å². The second kappa shape index (κ2) is 5.70. The van der Waals surface area contributed by atoms with Crippen LogP contribution in [0.25, 0.3) is 0 Å². The van der Waals surface area contributed by atoms with Crippen LogP contribution in [0.5, 0.6) is 0 Å². The zero-order valence-electron chi connectivity index (χ0n) is 9.16. The van der Waals surface area contributed by atoms with Gasteiger partial charge in [0.25, 0.3) is 0 Å². The fourth-order valence-corrected chi connectivity index (χ4v) is 1.58. The van der Waals surface area contributed by atoms with Crippen LogP contribution in [0.15, 0.2) is 0 Å². The molecule has 0 aromatic rings. The molecule has 1 atom stereocenters. The van der Waals surface area contributed by atoms with Crippen LogP contribution in [-0.4, -0.2) is 42.4 Å². The Morgan fingerprint density at radius 3 is 3.00 bits per heavy atom. The van der Waals surface area contributed by atoms with Gasteiger partial charge in [0.05, 0.1) is 6.54 Å². The Morgan fingerprint density at radius 2 is 2.40 bits per heavy atom. The first-order chi connectivity index (χ1) is 7.09. The molecule has 1 unspecified atom stereocenters. The van der Waals surface area contributed by atoms with Gasteiger partial charge in [-0.05, 0) is 19.8 Å². The minimum Gasteiger partial charge on any atom is -0.353 e. The van der Waals surface area contributed by atoms with Crippen molar-refractivity contribution in [1.29, 1.82) is 0 Å². The molecule has 1 heterocycles. The number of hydrogen-bond acceptors (Lipinski definition) is 3. The lowest BCUT2D eigenvalue weighted by atomic mass is 10.1. The van der Waals surface area contributed by atoms with Gasteiger partial charge in [-0.2, -0.15) is 0 Å². The van der Waals surface area contributed by atoms with Crippen LogP contribution in [0.1, 0.15) is 26.2 Å². The predicted octanol–water partition coefficient (Wildman–Crippen LogP) is -0.538. The largest absolute Gasteiger partial charge is 0.353 e. The molecule has 2 amide bonds. The molecule has 5 heteroatoms. The van der Waals surface area contributed by atoms with Gasteiger partial charge in [-0.3, -0.25) is 9.59 Å². The van der Waals surface area contributed by atoms with Crippen molar-refractivity contribution in [2.24, 2.45) is 5.73 Å². The molecule has 1 rings (SSSR count). The molecular formula is C10H19N3O2. The highest BCUT2D eigenvalue weighted by Gasteiger charge is 2.20. The second-order valence-electron chi connectivity index (χ2n) is 4.03. The first-order valence-electron chi connectivity index (χ1n) is 5.39. The molecule has 0 bridgehead atoms. The minimum absolute atomic E-state index is 0.0606. The number of carbonyl (C=O) groups is 2. The number of rotatable bonds is 4. The van der Waals surface area contributed by atoms with Crippen molar-refractivity contribution in [3.63, 3.8) is 0 Å². The minimum atomic E-state index is -0.0678. The quantitative estimate of drug-likeness (QED) is 0.658. The van der Waals surface area contributed by atoms with Gasteiger partial charge in [0.1, 0.15) is 0 Å². The molecule has 0 aromatic heterocycles. The first-order valence-corrected chi connectivity index (χ1v) is 5.39. The molecule has 0 spiro atoms. The number of nitrogens with zero attached hydrogens (tertiary/aromatic N) is 1. The molecule has 1 aliphatic rings. The van der Waals surface area contributed by atoms with E-state index in [1.54, 1.807) is 4.90 Å². The zero-order valence-corrected chi connectivity index (χ0v) is 9.16. The van der Waals surface area contributed by atoms with Crippen LogP contribution >= 0.6 is 0 Å². The number of nitrogens with one attached hydrogen (secondary N) is 1. The predicted molar refractivity (Wildman–Crippen MR) is 57.1 cm³/mol. The van der Waals surface area contributed by atoms with Gasteiger partial charge in [0.15, 0.2) is 0 Å². The summed E-state index contributed by atoms with van der Waals surface area (Å²) in [6.07, 6.45) is 2.15. The Labute approximate surface area is 90.0 Å². The maximum absolute atomic E-state index is 11.6. The Morgan fingerprint density at radius 1 is 1.67 bits per heavy atom. The van der Waals surface area contributed by atoms with E-state index in [2.05, 4.69) is 5.32 Å². The monoisotopic (exact) mass is 213 g/mol. The van der Waals surface area contributed by atoms with Crippen molar-refractivity contribution in [3.05, 3.63) is 0 Å². The van der Waals surface area contributed by atoms with Crippen molar-refractivity contribution in [2.75, 3.05) is 19.6 Å². The van der Waals surface area contributed by atoms with Gasteiger partial charge in [0.2, 0.25) is 11.8 Å². The lowest BCUT2D eigenvalue weighted by Gasteiger charge is -2.26. The lowest BCUT2D eigenvalue weighted by Crippen LogP contribution is -2.49. The third-order valence-electron chi connectivity index (χ3n) is 2.44. The molecule has 0 aliphatic carbocycles. The van der Waals surface area contributed by atoms with E-state index < -0.39 is 0 Å². The summed E-state index contributed by atoms with van der Waals surface area (Å²) in [5.74, 6) is -0.00714. The van der Waals surface area contributed by atoms with Gasteiger partial charge in [0, 0.05) is 25.6 Å². The Kier molecular flexibility index (Phi) is 4.55. The van der Waals surface area contributed by atoms with Crippen LogP contribution < -0.4 is 11.1 Å². The van der Waals surface area contributed by atoms with E-state index in [1.165, 1.54) is 0 Å². The molecule has 0 aromatic carbocycles. The van der Waals surface area contributed by atoms with Gasteiger partial charge >= 0.3 is 0 Å². The molecule has 0 radical (unpaired) electrons. The van der Waals surface area contributed by atoms with Crippen LogP contribution in [0, 0.1) is 0 Å². The van der Waals surface area contributed by atoms with Crippen molar-refractivity contribution < 1.29 is 9.59 Å². The molecule has 15 heavy (non-hydrogen) atoms.